The van der Waals surface area contributed by atoms with E-state index in [9.17, 15) is 9.59 Å². The van der Waals surface area contributed by atoms with E-state index in [0.717, 1.165) is 33.8 Å². The highest BCUT2D eigenvalue weighted by atomic mass is 32.1. The molecule has 0 saturated carbocycles. The number of aryl methyl sites for hydroxylation is 3. The smallest absolute Gasteiger partial charge is 0.198 e. The summed E-state index contributed by atoms with van der Waals surface area (Å²) in [6, 6.07) is 13.3. The number of carbonyl (C=O) groups is 1. The normalized spacial score (nSPS) is 19.6. The van der Waals surface area contributed by atoms with Gasteiger partial charge in [-0.2, -0.15) is 0 Å². The Balaban J connectivity index is 1.55. The molecule has 2 aromatic carbocycles. The number of ketones is 1. The summed E-state index contributed by atoms with van der Waals surface area (Å²) in [5, 5.41) is 9.72. The molecule has 176 valence electrons. The van der Waals surface area contributed by atoms with Crippen LogP contribution < -0.4 is 16.1 Å². The minimum atomic E-state index is -0.598. The molecule has 6 heteroatoms. The van der Waals surface area contributed by atoms with Crippen molar-refractivity contribution in [3.05, 3.63) is 103 Å². The summed E-state index contributed by atoms with van der Waals surface area (Å²) >= 11 is 1.69. The zero-order valence-electron chi connectivity index (χ0n) is 19.9. The molecule has 1 aliphatic carbocycles. The lowest BCUT2D eigenvalue weighted by molar-refractivity contribution is -0.116. The third kappa shape index (κ3) is 3.69. The maximum Gasteiger partial charge on any atom is 0.198 e. The molecule has 0 fully saturated rings. The molecular weight excluding hydrogens is 456 g/mol. The van der Waals surface area contributed by atoms with E-state index < -0.39 is 6.04 Å². The second kappa shape index (κ2) is 8.24. The SMILES string of the molecule is Cc1ccc2occ([C@@H]3Nc4cc(C)c(C)cc4NC4=C3C(=O)C[C@H](c3cccs3)C4)c(=O)c2c1. The molecule has 5 nitrogen and oxygen atoms in total. The Bertz CT molecular complexity index is 1580. The average Bonchev–Trinajstić information content (AvgIpc) is 3.32. The number of anilines is 2. The molecule has 2 atom stereocenters. The van der Waals surface area contributed by atoms with Crippen LogP contribution in [0.2, 0.25) is 0 Å². The topological polar surface area (TPSA) is 71.3 Å². The number of rotatable bonds is 2. The van der Waals surface area contributed by atoms with E-state index in [1.807, 2.05) is 31.2 Å². The van der Waals surface area contributed by atoms with Crippen LogP contribution in [-0.4, -0.2) is 5.78 Å². The Labute approximate surface area is 207 Å². The number of nitrogens with one attached hydrogen (secondary N) is 2. The molecule has 0 saturated heterocycles. The van der Waals surface area contributed by atoms with Crippen LogP contribution in [-0.2, 0) is 4.79 Å². The number of fused-ring (bicyclic) bond motifs is 2. The summed E-state index contributed by atoms with van der Waals surface area (Å²) in [7, 11) is 0. The summed E-state index contributed by atoms with van der Waals surface area (Å²) in [5.41, 5.74) is 7.47. The lowest BCUT2D eigenvalue weighted by Gasteiger charge is -2.28. The minimum Gasteiger partial charge on any atom is -0.464 e. The molecule has 0 spiro atoms. The number of carbonyl (C=O) groups excluding carboxylic acids is 1. The average molecular weight is 483 g/mol. The number of hydrogen-bond donors (Lipinski definition) is 2. The molecule has 1 aliphatic heterocycles. The maximum absolute atomic E-state index is 13.7. The van der Waals surface area contributed by atoms with Crippen LogP contribution >= 0.6 is 11.3 Å². The molecule has 2 aromatic heterocycles. The fourth-order valence-electron chi connectivity index (χ4n) is 5.23. The Morgan fingerprint density at radius 1 is 0.971 bits per heavy atom. The van der Waals surface area contributed by atoms with Gasteiger partial charge in [0.1, 0.15) is 11.8 Å². The third-order valence-electron chi connectivity index (χ3n) is 7.23. The van der Waals surface area contributed by atoms with Gasteiger partial charge >= 0.3 is 0 Å². The molecule has 35 heavy (non-hydrogen) atoms. The third-order valence-corrected chi connectivity index (χ3v) is 8.26. The van der Waals surface area contributed by atoms with E-state index in [-0.39, 0.29) is 17.1 Å². The molecule has 3 heterocycles. The first-order chi connectivity index (χ1) is 16.9. The summed E-state index contributed by atoms with van der Waals surface area (Å²) in [5.74, 6) is 0.179. The summed E-state index contributed by atoms with van der Waals surface area (Å²) < 4.78 is 5.91. The van der Waals surface area contributed by atoms with Crippen molar-refractivity contribution in [3.8, 4) is 0 Å². The minimum absolute atomic E-state index is 0.0552. The van der Waals surface area contributed by atoms with Gasteiger partial charge in [-0.1, -0.05) is 17.7 Å². The van der Waals surface area contributed by atoms with Crippen LogP contribution in [0.5, 0.6) is 0 Å². The van der Waals surface area contributed by atoms with Crippen molar-refractivity contribution in [2.75, 3.05) is 10.6 Å². The number of hydrogen-bond acceptors (Lipinski definition) is 6. The van der Waals surface area contributed by atoms with Crippen LogP contribution in [0.15, 0.2) is 74.6 Å². The van der Waals surface area contributed by atoms with E-state index in [1.165, 1.54) is 11.1 Å². The van der Waals surface area contributed by atoms with Gasteiger partial charge in [-0.15, -0.1) is 11.3 Å². The van der Waals surface area contributed by atoms with Crippen LogP contribution in [0.4, 0.5) is 11.4 Å². The molecule has 0 amide bonds. The molecule has 2 aliphatic rings. The van der Waals surface area contributed by atoms with Crippen LogP contribution in [0.3, 0.4) is 0 Å². The van der Waals surface area contributed by atoms with E-state index in [1.54, 1.807) is 11.3 Å². The standard InChI is InChI=1S/C29H26N2O3S/c1-15-6-7-25-19(9-15)29(33)20(14-34-25)28-27-23(12-18(13-24(27)32)26-5-4-8-35-26)30-21-10-16(2)17(3)11-22(21)31-28/h4-11,14,18,28,30-31H,12-13H2,1-3H3/t18-,28+/m1/s1. The highest BCUT2D eigenvalue weighted by Crippen LogP contribution is 2.45. The zero-order chi connectivity index (χ0) is 24.3. The van der Waals surface area contributed by atoms with Crippen molar-refractivity contribution in [3.63, 3.8) is 0 Å². The Kier molecular flexibility index (Phi) is 5.15. The van der Waals surface area contributed by atoms with Crippen molar-refractivity contribution in [2.24, 2.45) is 0 Å². The van der Waals surface area contributed by atoms with Crippen LogP contribution in [0.1, 0.15) is 51.9 Å². The number of benzene rings is 2. The Morgan fingerprint density at radius 3 is 2.54 bits per heavy atom. The first kappa shape index (κ1) is 21.9. The van der Waals surface area contributed by atoms with Gasteiger partial charge in [0.2, 0.25) is 0 Å². The van der Waals surface area contributed by atoms with Gasteiger partial charge in [0.15, 0.2) is 11.2 Å². The van der Waals surface area contributed by atoms with E-state index in [0.29, 0.717) is 34.9 Å². The van der Waals surface area contributed by atoms with Crippen molar-refractivity contribution in [1.82, 2.24) is 0 Å². The predicted octanol–water partition coefficient (Wildman–Crippen LogP) is 6.76. The van der Waals surface area contributed by atoms with Crippen LogP contribution in [0, 0.1) is 20.8 Å². The number of thiophene rings is 1. The van der Waals surface area contributed by atoms with Crippen molar-refractivity contribution in [1.29, 1.82) is 0 Å². The van der Waals surface area contributed by atoms with Crippen molar-refractivity contribution >= 4 is 39.5 Å². The number of allylic oxidation sites excluding steroid dienone is 1. The summed E-state index contributed by atoms with van der Waals surface area (Å²) in [4.78, 5) is 28.6. The highest BCUT2D eigenvalue weighted by Gasteiger charge is 2.37. The lowest BCUT2D eigenvalue weighted by Crippen LogP contribution is -2.29. The molecular formula is C29H26N2O3S. The molecule has 0 radical (unpaired) electrons. The van der Waals surface area contributed by atoms with Gasteiger partial charge in [-0.25, -0.2) is 0 Å². The molecule has 6 rings (SSSR count). The largest absolute Gasteiger partial charge is 0.464 e. The van der Waals surface area contributed by atoms with Gasteiger partial charge in [-0.05, 0) is 74.0 Å². The van der Waals surface area contributed by atoms with E-state index in [4.69, 9.17) is 4.42 Å². The first-order valence-corrected chi connectivity index (χ1v) is 12.7. The number of Topliss-reactive ketones (excluding diaryl/α,β-unsaturated/α-hetero) is 1. The predicted molar refractivity (Wildman–Crippen MR) is 141 cm³/mol. The van der Waals surface area contributed by atoms with E-state index >= 15 is 0 Å². The molecule has 0 bridgehead atoms. The summed E-state index contributed by atoms with van der Waals surface area (Å²) in [6.07, 6.45) is 2.66. The van der Waals surface area contributed by atoms with E-state index in [2.05, 4.69) is 48.1 Å². The van der Waals surface area contributed by atoms with Gasteiger partial charge in [0.05, 0.1) is 28.4 Å². The summed E-state index contributed by atoms with van der Waals surface area (Å²) in [6.45, 7) is 6.10. The monoisotopic (exact) mass is 482 g/mol. The fourth-order valence-corrected chi connectivity index (χ4v) is 6.06. The highest BCUT2D eigenvalue weighted by molar-refractivity contribution is 7.10. The Morgan fingerprint density at radius 2 is 1.77 bits per heavy atom. The van der Waals surface area contributed by atoms with Gasteiger partial charge in [0, 0.05) is 28.5 Å². The van der Waals surface area contributed by atoms with Crippen molar-refractivity contribution in [2.45, 2.75) is 45.6 Å². The zero-order valence-corrected chi connectivity index (χ0v) is 20.7. The Hall–Kier alpha value is -3.64. The van der Waals surface area contributed by atoms with Gasteiger partial charge in [-0.3, -0.25) is 9.59 Å². The first-order valence-electron chi connectivity index (χ1n) is 11.9. The van der Waals surface area contributed by atoms with Crippen LogP contribution in [0.25, 0.3) is 11.0 Å². The fraction of sp³-hybridized carbons (Fsp3) is 0.241. The van der Waals surface area contributed by atoms with Crippen molar-refractivity contribution < 1.29 is 9.21 Å². The molecule has 2 N–H and O–H groups in total. The second-order valence-corrected chi connectivity index (χ2v) is 10.6. The quantitative estimate of drug-likeness (QED) is 0.330. The second-order valence-electron chi connectivity index (χ2n) is 9.64. The maximum atomic E-state index is 13.7. The molecule has 4 aromatic rings. The van der Waals surface area contributed by atoms with Gasteiger partial charge < -0.3 is 15.1 Å². The molecule has 0 unspecified atom stereocenters. The lowest BCUT2D eigenvalue weighted by atomic mass is 9.81. The van der Waals surface area contributed by atoms with Gasteiger partial charge in [0.25, 0.3) is 0 Å².